The van der Waals surface area contributed by atoms with E-state index in [1.165, 1.54) is 24.3 Å². The Hall–Kier alpha value is -2.10. The zero-order valence-electron chi connectivity index (χ0n) is 11.5. The fourth-order valence-corrected chi connectivity index (χ4v) is 2.55. The van der Waals surface area contributed by atoms with Crippen LogP contribution in [-0.4, -0.2) is 23.1 Å². The molecule has 2 aromatic rings. The van der Waals surface area contributed by atoms with Crippen molar-refractivity contribution < 1.29 is 25.2 Å². The van der Waals surface area contributed by atoms with Gasteiger partial charge in [-0.05, 0) is 35.4 Å². The molecule has 118 valence electrons. The van der Waals surface area contributed by atoms with Gasteiger partial charge in [0.05, 0.1) is 6.26 Å². The molecule has 22 heavy (non-hydrogen) atoms. The largest absolute Gasteiger partial charge is 0.383 e. The van der Waals surface area contributed by atoms with Crippen molar-refractivity contribution >= 4 is 20.4 Å². The molecule has 0 amide bonds. The number of benzene rings is 2. The molecule has 0 aliphatic carbocycles. The van der Waals surface area contributed by atoms with Crippen molar-refractivity contribution in [1.82, 2.24) is 0 Å². The number of rotatable bonds is 5. The summed E-state index contributed by atoms with van der Waals surface area (Å²) in [6.45, 7) is 0. The lowest BCUT2D eigenvalue weighted by Gasteiger charge is -2.06. The minimum atomic E-state index is -4.05. The van der Waals surface area contributed by atoms with E-state index in [9.17, 15) is 16.8 Å². The van der Waals surface area contributed by atoms with Gasteiger partial charge in [-0.3, -0.25) is 0 Å². The number of hydrogen-bond acceptors (Lipinski definition) is 6. The van der Waals surface area contributed by atoms with Crippen LogP contribution >= 0.6 is 0 Å². The highest BCUT2D eigenvalue weighted by atomic mass is 32.2. The Bertz CT molecular complexity index is 780. The van der Waals surface area contributed by atoms with Crippen LogP contribution < -0.4 is 13.5 Å². The fraction of sp³-hybridized carbons (Fsp3) is 0.0769. The normalized spacial score (nSPS) is 11.9. The second kappa shape index (κ2) is 5.95. The first-order valence-electron chi connectivity index (χ1n) is 5.94. The van der Waals surface area contributed by atoms with Gasteiger partial charge >= 0.3 is 20.4 Å². The van der Waals surface area contributed by atoms with Gasteiger partial charge in [0.2, 0.25) is 0 Å². The summed E-state index contributed by atoms with van der Waals surface area (Å²) < 4.78 is 52.9. The molecule has 0 radical (unpaired) electrons. The lowest BCUT2D eigenvalue weighted by molar-refractivity contribution is 0.487. The molecule has 9 heteroatoms. The van der Waals surface area contributed by atoms with Crippen LogP contribution in [0.1, 0.15) is 0 Å². The monoisotopic (exact) mass is 343 g/mol. The Morgan fingerprint density at radius 2 is 1.09 bits per heavy atom. The van der Waals surface area contributed by atoms with E-state index in [2.05, 4.69) is 4.18 Å². The third-order valence-electron chi connectivity index (χ3n) is 2.50. The van der Waals surface area contributed by atoms with Crippen LogP contribution in [0.4, 0.5) is 0 Å². The topological polar surface area (TPSA) is 113 Å². The highest BCUT2D eigenvalue weighted by Gasteiger charge is 2.07. The molecule has 0 aromatic heterocycles. The van der Waals surface area contributed by atoms with E-state index in [1.807, 2.05) is 0 Å². The summed E-state index contributed by atoms with van der Waals surface area (Å²) in [5, 5.41) is 4.77. The van der Waals surface area contributed by atoms with Gasteiger partial charge in [0.15, 0.2) is 0 Å². The summed E-state index contributed by atoms with van der Waals surface area (Å²) in [6.07, 6.45) is 0.963. The highest BCUT2D eigenvalue weighted by Crippen LogP contribution is 2.25. The highest BCUT2D eigenvalue weighted by molar-refractivity contribution is 7.86. The van der Waals surface area contributed by atoms with Crippen molar-refractivity contribution in [1.29, 1.82) is 0 Å². The van der Waals surface area contributed by atoms with Gasteiger partial charge in [0.1, 0.15) is 11.5 Å². The lowest BCUT2D eigenvalue weighted by Crippen LogP contribution is -2.18. The molecule has 0 saturated heterocycles. The Morgan fingerprint density at radius 3 is 1.41 bits per heavy atom. The Balaban J connectivity index is 2.18. The summed E-state index contributed by atoms with van der Waals surface area (Å²) in [7, 11) is -7.61. The first-order valence-corrected chi connectivity index (χ1v) is 9.23. The molecule has 2 aromatic carbocycles. The summed E-state index contributed by atoms with van der Waals surface area (Å²) in [5.74, 6) is 0.309. The third-order valence-corrected chi connectivity index (χ3v) is 3.42. The first-order chi connectivity index (χ1) is 10.1. The third kappa shape index (κ3) is 5.02. The zero-order chi connectivity index (χ0) is 16.4. The predicted molar refractivity (Wildman–Crippen MR) is 81.1 cm³/mol. The SMILES string of the molecule is CS(=O)(=O)Oc1ccc(-c2ccc(OS(N)(=O)=O)cc2)cc1. The number of hydrogen-bond donors (Lipinski definition) is 1. The van der Waals surface area contributed by atoms with Crippen molar-refractivity contribution in [2.75, 3.05) is 6.26 Å². The van der Waals surface area contributed by atoms with Crippen molar-refractivity contribution in [2.24, 2.45) is 5.14 Å². The molecule has 0 spiro atoms. The van der Waals surface area contributed by atoms with Gasteiger partial charge in [-0.2, -0.15) is 22.0 Å². The van der Waals surface area contributed by atoms with Gasteiger partial charge < -0.3 is 8.37 Å². The van der Waals surface area contributed by atoms with Crippen LogP contribution in [0.3, 0.4) is 0 Å². The second-order valence-corrected chi connectivity index (χ2v) is 7.14. The molecule has 0 aliphatic rings. The van der Waals surface area contributed by atoms with Crippen molar-refractivity contribution in [3.8, 4) is 22.6 Å². The maximum atomic E-state index is 11.0. The smallest absolute Gasteiger partial charge is 0.380 e. The molecule has 0 aliphatic heterocycles. The first kappa shape index (κ1) is 16.3. The van der Waals surface area contributed by atoms with E-state index in [0.717, 1.165) is 17.4 Å². The van der Waals surface area contributed by atoms with E-state index < -0.39 is 20.4 Å². The van der Waals surface area contributed by atoms with Crippen molar-refractivity contribution in [3.63, 3.8) is 0 Å². The molecule has 0 saturated carbocycles. The van der Waals surface area contributed by atoms with Gasteiger partial charge in [0.25, 0.3) is 0 Å². The molecule has 0 heterocycles. The molecule has 0 atom stereocenters. The molecule has 2 rings (SSSR count). The summed E-state index contributed by atoms with van der Waals surface area (Å²) >= 11 is 0. The van der Waals surface area contributed by atoms with Crippen LogP contribution in [-0.2, 0) is 20.4 Å². The van der Waals surface area contributed by atoms with E-state index in [-0.39, 0.29) is 11.5 Å². The van der Waals surface area contributed by atoms with Crippen molar-refractivity contribution in [3.05, 3.63) is 48.5 Å². The predicted octanol–water partition coefficient (Wildman–Crippen LogP) is 1.27. The summed E-state index contributed by atoms with van der Waals surface area (Å²) in [6, 6.07) is 12.6. The van der Waals surface area contributed by atoms with Gasteiger partial charge in [0, 0.05) is 0 Å². The maximum Gasteiger partial charge on any atom is 0.380 e. The lowest BCUT2D eigenvalue weighted by atomic mass is 10.1. The Labute approximate surface area is 128 Å². The van der Waals surface area contributed by atoms with E-state index >= 15 is 0 Å². The van der Waals surface area contributed by atoms with Crippen molar-refractivity contribution in [2.45, 2.75) is 0 Å². The van der Waals surface area contributed by atoms with E-state index in [1.54, 1.807) is 24.3 Å². The van der Waals surface area contributed by atoms with Crippen LogP contribution in [0, 0.1) is 0 Å². The van der Waals surface area contributed by atoms with Gasteiger partial charge in [-0.25, -0.2) is 0 Å². The average molecular weight is 343 g/mol. The molecule has 0 bridgehead atoms. The van der Waals surface area contributed by atoms with Crippen LogP contribution in [0.15, 0.2) is 48.5 Å². The molecular formula is C13H13NO6S2. The second-order valence-electron chi connectivity index (χ2n) is 4.41. The summed E-state index contributed by atoms with van der Waals surface area (Å²) in [4.78, 5) is 0. The van der Waals surface area contributed by atoms with Gasteiger partial charge in [-0.1, -0.05) is 24.3 Å². The molecular weight excluding hydrogens is 330 g/mol. The maximum absolute atomic E-state index is 11.0. The Kier molecular flexibility index (Phi) is 4.40. The standard InChI is InChI=1S/C13H13NO6S2/c1-21(15,16)19-12-6-2-10(3-7-12)11-4-8-13(9-5-11)20-22(14,17)18/h2-9H,1H3,(H2,14,17,18). The van der Waals surface area contributed by atoms with Crippen LogP contribution in [0.5, 0.6) is 11.5 Å². The molecule has 0 unspecified atom stereocenters. The number of nitrogens with two attached hydrogens (primary N) is 1. The molecule has 0 fully saturated rings. The van der Waals surface area contributed by atoms with Crippen LogP contribution in [0.25, 0.3) is 11.1 Å². The average Bonchev–Trinajstić information content (AvgIpc) is 2.37. The Morgan fingerprint density at radius 1 is 0.727 bits per heavy atom. The minimum Gasteiger partial charge on any atom is -0.383 e. The minimum absolute atomic E-state index is 0.100. The van der Waals surface area contributed by atoms with E-state index in [0.29, 0.717) is 0 Å². The van der Waals surface area contributed by atoms with E-state index in [4.69, 9.17) is 9.32 Å². The fourth-order valence-electron chi connectivity index (χ4n) is 1.71. The quantitative estimate of drug-likeness (QED) is 0.818. The molecule has 7 nitrogen and oxygen atoms in total. The van der Waals surface area contributed by atoms with Gasteiger partial charge in [-0.15, -0.1) is 0 Å². The molecule has 2 N–H and O–H groups in total. The zero-order valence-corrected chi connectivity index (χ0v) is 13.1. The van der Waals surface area contributed by atoms with Crippen LogP contribution in [0.2, 0.25) is 0 Å². The summed E-state index contributed by atoms with van der Waals surface area (Å²) in [5.41, 5.74) is 1.58.